The van der Waals surface area contributed by atoms with Crippen LogP contribution in [0.2, 0.25) is 0 Å². The zero-order chi connectivity index (χ0) is 14.8. The quantitative estimate of drug-likeness (QED) is 0.311. The minimum Gasteiger partial charge on any atom is -0.256 e. The molecule has 3 rings (SSSR count). The van der Waals surface area contributed by atoms with E-state index in [1.165, 1.54) is 10.9 Å². The Morgan fingerprint density at radius 3 is 2.30 bits per heavy atom. The molecular formula is C13H11IN2O4. The van der Waals surface area contributed by atoms with E-state index < -0.39 is 20.1 Å². The largest absolute Gasteiger partial charge is 0.368 e. The highest BCUT2D eigenvalue weighted by Crippen LogP contribution is 2.23. The lowest BCUT2D eigenvalue weighted by Crippen LogP contribution is -4.23. The van der Waals surface area contributed by atoms with Crippen molar-refractivity contribution in [2.45, 2.75) is 6.92 Å². The van der Waals surface area contributed by atoms with Gasteiger partial charge in [0.05, 0.1) is 11.0 Å². The van der Waals surface area contributed by atoms with Crippen LogP contribution in [0.15, 0.2) is 42.7 Å². The van der Waals surface area contributed by atoms with Gasteiger partial charge in [0, 0.05) is 26.6 Å². The van der Waals surface area contributed by atoms with Gasteiger partial charge in [-0.1, -0.05) is 18.2 Å². The Balaban J connectivity index is 0.000000257. The molecule has 0 aliphatic heterocycles. The summed E-state index contributed by atoms with van der Waals surface area (Å²) in [6.45, 7) is 2.10. The first-order chi connectivity index (χ1) is 9.36. The third-order valence-electron chi connectivity index (χ3n) is 2.70. The van der Waals surface area contributed by atoms with Crippen LogP contribution in [0.5, 0.6) is 0 Å². The zero-order valence-corrected chi connectivity index (χ0v) is 12.6. The maximum atomic E-state index is 8.73. The number of hydrogen-bond acceptors (Lipinski definition) is 6. The van der Waals surface area contributed by atoms with E-state index in [9.17, 15) is 0 Å². The molecule has 0 saturated carbocycles. The Bertz CT molecular complexity index is 737. The van der Waals surface area contributed by atoms with Gasteiger partial charge < -0.3 is 0 Å². The van der Waals surface area contributed by atoms with E-state index in [-0.39, 0.29) is 0 Å². The van der Waals surface area contributed by atoms with Crippen molar-refractivity contribution >= 4 is 21.8 Å². The summed E-state index contributed by atoms with van der Waals surface area (Å²) in [5.74, 6) is 0. The first-order valence-corrected chi connectivity index (χ1v) is 9.19. The molecule has 1 aromatic carbocycles. The average molecular weight is 386 g/mol. The van der Waals surface area contributed by atoms with Crippen LogP contribution in [0.25, 0.3) is 21.8 Å². The first-order valence-electron chi connectivity index (χ1n) is 5.58. The van der Waals surface area contributed by atoms with Crippen LogP contribution < -0.4 is 30.4 Å². The summed E-state index contributed by atoms with van der Waals surface area (Å²) >= 11 is -5.69. The van der Waals surface area contributed by atoms with Crippen molar-refractivity contribution in [3.8, 4) is 0 Å². The topological polar surface area (TPSA) is 115 Å². The number of fused-ring (bicyclic) bond motifs is 3. The lowest BCUT2D eigenvalue weighted by molar-refractivity contribution is -1.92. The van der Waals surface area contributed by atoms with Gasteiger partial charge in [0.1, 0.15) is 0 Å². The molecule has 0 fully saturated rings. The average Bonchev–Trinajstić information content (AvgIpc) is 2.37. The number of aromatic nitrogens is 2. The highest BCUT2D eigenvalue weighted by atomic mass is 127. The maximum absolute atomic E-state index is 8.73. The highest BCUT2D eigenvalue weighted by molar-refractivity contribution is 6.03. The Morgan fingerprint density at radius 2 is 1.60 bits per heavy atom. The zero-order valence-electron chi connectivity index (χ0n) is 10.5. The summed E-state index contributed by atoms with van der Waals surface area (Å²) in [6.07, 6.45) is 3.65. The fourth-order valence-corrected chi connectivity index (χ4v) is 1.89. The number of pyridine rings is 2. The molecule has 20 heavy (non-hydrogen) atoms. The normalized spacial score (nSPS) is 11.2. The molecule has 104 valence electrons. The standard InChI is InChI=1S/C13H10N2.HIO4/c1-9-6-8-15-13-11(9)5-4-10-3-2-7-14-12(10)13;2-1(3,4)5/h2-8H,1H3;2H. The predicted octanol–water partition coefficient (Wildman–Crippen LogP) is -4.03. The van der Waals surface area contributed by atoms with Crippen molar-refractivity contribution in [2.24, 2.45) is 0 Å². The number of hydrogen-bond donors (Lipinski definition) is 1. The molecule has 1 N–H and O–H groups in total. The van der Waals surface area contributed by atoms with Crippen molar-refractivity contribution in [3.63, 3.8) is 0 Å². The number of halogens is 1. The smallest absolute Gasteiger partial charge is 0.256 e. The second-order valence-corrected chi connectivity index (χ2v) is 6.32. The molecule has 2 aromatic heterocycles. The monoisotopic (exact) mass is 386 g/mol. The maximum Gasteiger partial charge on any atom is 0.368 e. The van der Waals surface area contributed by atoms with Crippen LogP contribution in [0.3, 0.4) is 0 Å². The van der Waals surface area contributed by atoms with E-state index >= 15 is 0 Å². The van der Waals surface area contributed by atoms with Crippen LogP contribution in [-0.4, -0.2) is 13.4 Å². The van der Waals surface area contributed by atoms with Crippen LogP contribution in [0, 0.1) is 6.92 Å². The van der Waals surface area contributed by atoms with Gasteiger partial charge in [-0.2, -0.15) is 0 Å². The molecule has 2 heterocycles. The first kappa shape index (κ1) is 15.0. The van der Waals surface area contributed by atoms with Gasteiger partial charge in [-0.25, -0.2) is 0 Å². The molecule has 6 nitrogen and oxygen atoms in total. The van der Waals surface area contributed by atoms with Gasteiger partial charge in [-0.15, -0.1) is 0 Å². The second-order valence-electron chi connectivity index (χ2n) is 4.06. The van der Waals surface area contributed by atoms with Crippen molar-refractivity contribution < 1.29 is 33.8 Å². The van der Waals surface area contributed by atoms with Crippen molar-refractivity contribution in [2.75, 3.05) is 0 Å². The van der Waals surface area contributed by atoms with E-state index in [1.807, 2.05) is 24.5 Å². The molecule has 0 radical (unpaired) electrons. The van der Waals surface area contributed by atoms with Gasteiger partial charge in [-0.05, 0) is 24.6 Å². The molecule has 0 unspecified atom stereocenters. The number of aryl methyl sites for hydroxylation is 1. The molecule has 3 aromatic rings. The molecule has 0 atom stereocenters. The van der Waals surface area contributed by atoms with E-state index in [4.69, 9.17) is 13.7 Å². The van der Waals surface area contributed by atoms with Gasteiger partial charge in [0.15, 0.2) is 0 Å². The van der Waals surface area contributed by atoms with E-state index in [0.717, 1.165) is 16.4 Å². The molecule has 0 amide bonds. The van der Waals surface area contributed by atoms with Crippen molar-refractivity contribution in [3.05, 3.63) is 48.3 Å². The third-order valence-corrected chi connectivity index (χ3v) is 2.70. The van der Waals surface area contributed by atoms with Gasteiger partial charge in [0.25, 0.3) is 0 Å². The number of rotatable bonds is 0. The molecule has 0 aliphatic rings. The van der Waals surface area contributed by atoms with Crippen LogP contribution in [0.4, 0.5) is 0 Å². The highest BCUT2D eigenvalue weighted by Gasteiger charge is 2.11. The van der Waals surface area contributed by atoms with Gasteiger partial charge in [0.2, 0.25) is 0 Å². The van der Waals surface area contributed by atoms with E-state index in [0.29, 0.717) is 0 Å². The summed E-state index contributed by atoms with van der Waals surface area (Å²) in [7, 11) is 0. The molecule has 0 spiro atoms. The molecule has 7 heteroatoms. The lowest BCUT2D eigenvalue weighted by atomic mass is 10.1. The summed E-state index contributed by atoms with van der Waals surface area (Å²) in [5, 5.41) is 2.33. The summed E-state index contributed by atoms with van der Waals surface area (Å²) in [5.41, 5.74) is 3.22. The minimum atomic E-state index is -5.69. The molecule has 0 aliphatic carbocycles. The Labute approximate surface area is 121 Å². The molecular weight excluding hydrogens is 375 g/mol. The van der Waals surface area contributed by atoms with E-state index in [1.54, 1.807) is 0 Å². The van der Waals surface area contributed by atoms with Crippen molar-refractivity contribution in [1.29, 1.82) is 0 Å². The number of nitrogens with zero attached hydrogens (tertiary/aromatic N) is 2. The Hall–Kier alpha value is -1.39. The lowest BCUT2D eigenvalue weighted by Gasteiger charge is -2.03. The molecule has 0 bridgehead atoms. The van der Waals surface area contributed by atoms with Crippen molar-refractivity contribution in [1.82, 2.24) is 9.97 Å². The summed E-state index contributed by atoms with van der Waals surface area (Å²) in [4.78, 5) is 8.80. The van der Waals surface area contributed by atoms with E-state index in [2.05, 4.69) is 35.1 Å². The summed E-state index contributed by atoms with van der Waals surface area (Å²) < 4.78 is 33.2. The Morgan fingerprint density at radius 1 is 0.950 bits per heavy atom. The SMILES string of the molecule is Cc1ccnc2c1ccc1cccnc12.[O-][I+3]([O-])([O-])O. The fourth-order valence-electron chi connectivity index (χ4n) is 1.89. The van der Waals surface area contributed by atoms with Gasteiger partial charge in [-0.3, -0.25) is 20.3 Å². The number of benzene rings is 1. The molecule has 0 saturated heterocycles. The van der Waals surface area contributed by atoms with Crippen LogP contribution in [-0.2, 0) is 0 Å². The second kappa shape index (κ2) is 5.94. The predicted molar refractivity (Wildman–Crippen MR) is 64.0 cm³/mol. The summed E-state index contributed by atoms with van der Waals surface area (Å²) in [6, 6.07) is 10.2. The van der Waals surface area contributed by atoms with Crippen LogP contribution in [0.1, 0.15) is 5.56 Å². The van der Waals surface area contributed by atoms with Crippen LogP contribution >= 0.6 is 0 Å². The van der Waals surface area contributed by atoms with Gasteiger partial charge >= 0.3 is 20.1 Å². The minimum absolute atomic E-state index is 0.985. The fraction of sp³-hybridized carbons (Fsp3) is 0.0769. The third kappa shape index (κ3) is 3.81. The Kier molecular flexibility index (Phi) is 4.45.